The van der Waals surface area contributed by atoms with Crippen LogP contribution in [0.25, 0.3) is 0 Å². The van der Waals surface area contributed by atoms with Gasteiger partial charge in [0.25, 0.3) is 0 Å². The molecule has 0 fully saturated rings. The normalized spacial score (nSPS) is 13.6. The lowest BCUT2D eigenvalue weighted by Crippen LogP contribution is -2.17. The summed E-state index contributed by atoms with van der Waals surface area (Å²) in [5.74, 6) is 0. The molecule has 1 atom stereocenters. The zero-order valence-corrected chi connectivity index (χ0v) is 10.1. The maximum Gasteiger partial charge on any atom is 0.411 e. The van der Waals surface area contributed by atoms with Gasteiger partial charge in [-0.05, 0) is 24.8 Å². The van der Waals surface area contributed by atoms with Crippen molar-refractivity contribution in [3.8, 4) is 0 Å². The number of hydrogen-bond acceptors (Lipinski definition) is 2. The molecule has 1 aromatic rings. The summed E-state index contributed by atoms with van der Waals surface area (Å²) in [6, 6.07) is 9.59. The molecule has 1 unspecified atom stereocenters. The SMILES string of the molecule is NC(CCCCOCC(F)(F)F)c1ccccc1. The third-order valence-corrected chi connectivity index (χ3v) is 2.55. The largest absolute Gasteiger partial charge is 0.411 e. The van der Waals surface area contributed by atoms with Crippen molar-refractivity contribution in [1.29, 1.82) is 0 Å². The Morgan fingerprint density at radius 1 is 1.11 bits per heavy atom. The molecule has 0 radical (unpaired) electrons. The van der Waals surface area contributed by atoms with Crippen LogP contribution in [0.3, 0.4) is 0 Å². The second kappa shape index (κ2) is 7.38. The minimum absolute atomic E-state index is 0.0613. The molecule has 18 heavy (non-hydrogen) atoms. The molecular formula is C13H18F3NO. The molecule has 5 heteroatoms. The van der Waals surface area contributed by atoms with Gasteiger partial charge in [0.05, 0.1) is 0 Å². The fourth-order valence-corrected chi connectivity index (χ4v) is 1.62. The van der Waals surface area contributed by atoms with Crippen LogP contribution in [0.2, 0.25) is 0 Å². The van der Waals surface area contributed by atoms with Crippen molar-refractivity contribution < 1.29 is 17.9 Å². The maximum absolute atomic E-state index is 11.8. The van der Waals surface area contributed by atoms with Gasteiger partial charge in [0, 0.05) is 12.6 Å². The molecule has 0 aromatic heterocycles. The molecule has 0 aliphatic carbocycles. The molecule has 0 spiro atoms. The summed E-state index contributed by atoms with van der Waals surface area (Å²) in [5.41, 5.74) is 7.01. The van der Waals surface area contributed by atoms with Crippen molar-refractivity contribution in [2.24, 2.45) is 5.73 Å². The molecule has 0 bridgehead atoms. The van der Waals surface area contributed by atoms with E-state index in [9.17, 15) is 13.2 Å². The molecule has 1 aromatic carbocycles. The van der Waals surface area contributed by atoms with Crippen LogP contribution in [0.15, 0.2) is 30.3 Å². The Morgan fingerprint density at radius 2 is 1.78 bits per heavy atom. The smallest absolute Gasteiger partial charge is 0.372 e. The van der Waals surface area contributed by atoms with Crippen molar-refractivity contribution in [3.63, 3.8) is 0 Å². The topological polar surface area (TPSA) is 35.2 Å². The van der Waals surface area contributed by atoms with E-state index in [0.29, 0.717) is 6.42 Å². The third-order valence-electron chi connectivity index (χ3n) is 2.55. The number of ether oxygens (including phenoxy) is 1. The Morgan fingerprint density at radius 3 is 2.39 bits per heavy atom. The van der Waals surface area contributed by atoms with E-state index in [4.69, 9.17) is 5.73 Å². The highest BCUT2D eigenvalue weighted by Gasteiger charge is 2.27. The monoisotopic (exact) mass is 261 g/mol. The molecule has 0 amide bonds. The van der Waals surface area contributed by atoms with Gasteiger partial charge in [-0.25, -0.2) is 0 Å². The predicted octanol–water partition coefficient (Wildman–Crippen LogP) is 3.44. The first-order valence-corrected chi connectivity index (χ1v) is 5.94. The van der Waals surface area contributed by atoms with E-state index in [1.165, 1.54) is 0 Å². The Hall–Kier alpha value is -1.07. The van der Waals surface area contributed by atoms with Crippen LogP contribution in [0.1, 0.15) is 30.9 Å². The lowest BCUT2D eigenvalue weighted by molar-refractivity contribution is -0.174. The summed E-state index contributed by atoms with van der Waals surface area (Å²) in [7, 11) is 0. The van der Waals surface area contributed by atoms with Crippen LogP contribution in [-0.4, -0.2) is 19.4 Å². The molecule has 1 rings (SSSR count). The van der Waals surface area contributed by atoms with Crippen LogP contribution in [0.5, 0.6) is 0 Å². The van der Waals surface area contributed by atoms with Gasteiger partial charge in [-0.15, -0.1) is 0 Å². The Kier molecular flexibility index (Phi) is 6.15. The van der Waals surface area contributed by atoms with Crippen molar-refractivity contribution in [1.82, 2.24) is 0 Å². The summed E-state index contributed by atoms with van der Waals surface area (Å²) in [4.78, 5) is 0. The van der Waals surface area contributed by atoms with Gasteiger partial charge in [0.2, 0.25) is 0 Å². The molecule has 0 aliphatic rings. The highest BCUT2D eigenvalue weighted by molar-refractivity contribution is 5.18. The van der Waals surface area contributed by atoms with Gasteiger partial charge in [-0.3, -0.25) is 0 Å². The highest BCUT2D eigenvalue weighted by Crippen LogP contribution is 2.17. The summed E-state index contributed by atoms with van der Waals surface area (Å²) in [6.07, 6.45) is -2.13. The average molecular weight is 261 g/mol. The van der Waals surface area contributed by atoms with Gasteiger partial charge in [0.15, 0.2) is 0 Å². The van der Waals surface area contributed by atoms with Crippen molar-refractivity contribution in [2.75, 3.05) is 13.2 Å². The maximum atomic E-state index is 11.8. The summed E-state index contributed by atoms with van der Waals surface area (Å²) in [5, 5.41) is 0. The van der Waals surface area contributed by atoms with Gasteiger partial charge in [0.1, 0.15) is 6.61 Å². The average Bonchev–Trinajstić information content (AvgIpc) is 2.33. The molecule has 0 heterocycles. The summed E-state index contributed by atoms with van der Waals surface area (Å²) in [6.45, 7) is -1.04. The third kappa shape index (κ3) is 6.61. The van der Waals surface area contributed by atoms with Crippen LogP contribution in [-0.2, 0) is 4.74 Å². The second-order valence-corrected chi connectivity index (χ2v) is 4.18. The van der Waals surface area contributed by atoms with Gasteiger partial charge < -0.3 is 10.5 Å². The summed E-state index contributed by atoms with van der Waals surface area (Å²) >= 11 is 0. The molecule has 0 saturated carbocycles. The first-order chi connectivity index (χ1) is 8.49. The Bertz CT molecular complexity index is 327. The van der Waals surface area contributed by atoms with Crippen LogP contribution >= 0.6 is 0 Å². The quantitative estimate of drug-likeness (QED) is 0.763. The lowest BCUT2D eigenvalue weighted by atomic mass is 10.0. The van der Waals surface area contributed by atoms with Crippen LogP contribution in [0.4, 0.5) is 13.2 Å². The molecule has 0 aliphatic heterocycles. The number of unbranched alkanes of at least 4 members (excludes halogenated alkanes) is 1. The van der Waals surface area contributed by atoms with Crippen molar-refractivity contribution in [3.05, 3.63) is 35.9 Å². The first-order valence-electron chi connectivity index (χ1n) is 5.94. The zero-order valence-electron chi connectivity index (χ0n) is 10.1. The van der Waals surface area contributed by atoms with E-state index < -0.39 is 12.8 Å². The van der Waals surface area contributed by atoms with E-state index in [1.54, 1.807) is 0 Å². The van der Waals surface area contributed by atoms with Gasteiger partial charge in [-0.1, -0.05) is 30.3 Å². The highest BCUT2D eigenvalue weighted by atomic mass is 19.4. The van der Waals surface area contributed by atoms with Gasteiger partial charge in [-0.2, -0.15) is 13.2 Å². The number of rotatable bonds is 7. The molecule has 102 valence electrons. The number of alkyl halides is 3. The van der Waals surface area contributed by atoms with E-state index >= 15 is 0 Å². The fraction of sp³-hybridized carbons (Fsp3) is 0.538. The lowest BCUT2D eigenvalue weighted by Gasteiger charge is -2.12. The van der Waals surface area contributed by atoms with Crippen molar-refractivity contribution >= 4 is 0 Å². The Labute approximate surface area is 105 Å². The number of halogens is 3. The minimum Gasteiger partial charge on any atom is -0.372 e. The van der Waals surface area contributed by atoms with E-state index in [-0.39, 0.29) is 12.6 Å². The number of hydrogen-bond donors (Lipinski definition) is 1. The number of nitrogens with two attached hydrogens (primary N) is 1. The van der Waals surface area contributed by atoms with Crippen LogP contribution < -0.4 is 5.73 Å². The molecule has 2 nitrogen and oxygen atoms in total. The summed E-state index contributed by atoms with van der Waals surface area (Å²) < 4.78 is 39.8. The zero-order chi connectivity index (χ0) is 13.4. The standard InChI is InChI=1S/C13H18F3NO/c14-13(15,16)10-18-9-5-4-8-12(17)11-6-2-1-3-7-11/h1-3,6-7,12H,4-5,8-10,17H2. The Balaban J connectivity index is 2.08. The minimum atomic E-state index is -4.24. The molecule has 2 N–H and O–H groups in total. The predicted molar refractivity (Wildman–Crippen MR) is 64.1 cm³/mol. The first kappa shape index (κ1) is 15.0. The second-order valence-electron chi connectivity index (χ2n) is 4.18. The molecular weight excluding hydrogens is 243 g/mol. The van der Waals surface area contributed by atoms with E-state index in [1.807, 2.05) is 30.3 Å². The van der Waals surface area contributed by atoms with Crippen molar-refractivity contribution in [2.45, 2.75) is 31.5 Å². The molecule has 0 saturated heterocycles. The van der Waals surface area contributed by atoms with E-state index in [2.05, 4.69) is 4.74 Å². The fourth-order valence-electron chi connectivity index (χ4n) is 1.62. The van der Waals surface area contributed by atoms with Crippen LogP contribution in [0, 0.1) is 0 Å². The number of benzene rings is 1. The van der Waals surface area contributed by atoms with Gasteiger partial charge >= 0.3 is 6.18 Å². The van der Waals surface area contributed by atoms with E-state index in [0.717, 1.165) is 18.4 Å².